The summed E-state index contributed by atoms with van der Waals surface area (Å²) in [7, 11) is 1.13. The van der Waals surface area contributed by atoms with E-state index < -0.39 is 24.1 Å². The lowest BCUT2D eigenvalue weighted by Crippen LogP contribution is -2.39. The second-order valence-corrected chi connectivity index (χ2v) is 5.05. The van der Waals surface area contributed by atoms with E-state index in [2.05, 4.69) is 4.74 Å². The minimum absolute atomic E-state index is 0.679. The molecule has 0 heterocycles. The van der Waals surface area contributed by atoms with Gasteiger partial charge in [-0.05, 0) is 37.0 Å². The Morgan fingerprint density at radius 2 is 1.86 bits per heavy atom. The summed E-state index contributed by atoms with van der Waals surface area (Å²) in [5, 5.41) is 1.92. The number of amides is 2. The Hall–Kier alpha value is -2.28. The van der Waals surface area contributed by atoms with E-state index in [0.717, 1.165) is 17.6 Å². The highest BCUT2D eigenvalue weighted by Crippen LogP contribution is 2.15. The molecule has 0 unspecified atom stereocenters. The fourth-order valence-corrected chi connectivity index (χ4v) is 1.81. The van der Waals surface area contributed by atoms with E-state index in [-0.39, 0.29) is 0 Å². The Morgan fingerprint density at radius 1 is 1.23 bits per heavy atom. The first-order valence-corrected chi connectivity index (χ1v) is 7.60. The summed E-state index contributed by atoms with van der Waals surface area (Å²) in [5.41, 5.74) is 0.835. The van der Waals surface area contributed by atoms with Crippen molar-refractivity contribution in [1.82, 2.24) is 5.32 Å². The lowest BCUT2D eigenvalue weighted by molar-refractivity contribution is -0.149. The van der Waals surface area contributed by atoms with Gasteiger partial charge in [0.1, 0.15) is 0 Å². The number of carbonyl (C=O) groups is 3. The number of carbonyl (C=O) groups excluding carboxylic acids is 3. The highest BCUT2D eigenvalue weighted by atomic mass is 32.2. The van der Waals surface area contributed by atoms with Crippen LogP contribution in [0.3, 0.4) is 0 Å². The van der Waals surface area contributed by atoms with Crippen molar-refractivity contribution in [1.29, 1.82) is 0 Å². The minimum atomic E-state index is -1.10. The number of nitrogens with one attached hydrogen (secondary N) is 1. The highest BCUT2D eigenvalue weighted by Gasteiger charge is 2.18. The van der Waals surface area contributed by atoms with E-state index in [1.165, 1.54) is 13.0 Å². The molecular weight excluding hydrogens is 306 g/mol. The zero-order valence-corrected chi connectivity index (χ0v) is 13.3. The largest absolute Gasteiger partial charge is 0.453 e. The van der Waals surface area contributed by atoms with Crippen molar-refractivity contribution in [2.75, 3.05) is 13.4 Å². The third kappa shape index (κ3) is 6.01. The van der Waals surface area contributed by atoms with Gasteiger partial charge in [-0.2, -0.15) is 0 Å². The molecule has 7 heteroatoms. The maximum absolute atomic E-state index is 11.6. The lowest BCUT2D eigenvalue weighted by atomic mass is 10.2. The van der Waals surface area contributed by atoms with Gasteiger partial charge in [0.2, 0.25) is 0 Å². The van der Waals surface area contributed by atoms with Crippen LogP contribution in [-0.2, 0) is 19.1 Å². The van der Waals surface area contributed by atoms with Gasteiger partial charge in [-0.1, -0.05) is 12.1 Å². The molecule has 0 aliphatic rings. The van der Waals surface area contributed by atoms with Crippen LogP contribution in [0.4, 0.5) is 4.79 Å². The van der Waals surface area contributed by atoms with Gasteiger partial charge in [-0.25, -0.2) is 9.59 Å². The molecular formula is C15H17NO5S. The third-order valence-corrected chi connectivity index (χ3v) is 3.34. The summed E-state index contributed by atoms with van der Waals surface area (Å²) in [6.45, 7) is 1.36. The van der Waals surface area contributed by atoms with Crippen molar-refractivity contribution in [3.05, 3.63) is 35.9 Å². The standard InChI is InChI=1S/C15H17NO5S/c1-10(14(18)16-15(19)20-2)21-13(17)9-6-11-4-7-12(22-3)8-5-11/h4-10H,1-3H3,(H,16,18,19)/b9-6+/t10-/m1/s1. The molecule has 0 spiro atoms. The number of thioether (sulfide) groups is 1. The van der Waals surface area contributed by atoms with Crippen LogP contribution < -0.4 is 5.32 Å². The van der Waals surface area contributed by atoms with E-state index in [9.17, 15) is 14.4 Å². The summed E-state index contributed by atoms with van der Waals surface area (Å²) >= 11 is 1.62. The molecule has 22 heavy (non-hydrogen) atoms. The van der Waals surface area contributed by atoms with Crippen molar-refractivity contribution in [3.63, 3.8) is 0 Å². The first-order chi connectivity index (χ1) is 10.5. The maximum atomic E-state index is 11.6. The molecule has 0 saturated heterocycles. The molecule has 6 nitrogen and oxygen atoms in total. The van der Waals surface area contributed by atoms with Crippen molar-refractivity contribution < 1.29 is 23.9 Å². The van der Waals surface area contributed by atoms with Crippen molar-refractivity contribution in [2.24, 2.45) is 0 Å². The Kier molecular flexibility index (Phi) is 7.18. The van der Waals surface area contributed by atoms with Crippen molar-refractivity contribution >= 4 is 35.8 Å². The summed E-state index contributed by atoms with van der Waals surface area (Å²) in [4.78, 5) is 35.1. The van der Waals surface area contributed by atoms with E-state index in [0.29, 0.717) is 0 Å². The number of hydrogen-bond donors (Lipinski definition) is 1. The van der Waals surface area contributed by atoms with Crippen molar-refractivity contribution in [3.8, 4) is 0 Å². The van der Waals surface area contributed by atoms with Gasteiger partial charge in [-0.3, -0.25) is 10.1 Å². The van der Waals surface area contributed by atoms with Crippen LogP contribution in [0.2, 0.25) is 0 Å². The summed E-state index contributed by atoms with van der Waals surface area (Å²) < 4.78 is 9.15. The molecule has 1 atom stereocenters. The fourth-order valence-electron chi connectivity index (χ4n) is 1.40. The van der Waals surface area contributed by atoms with E-state index in [1.54, 1.807) is 17.8 Å². The quantitative estimate of drug-likeness (QED) is 0.508. The Balaban J connectivity index is 2.52. The van der Waals surface area contributed by atoms with Crippen LogP contribution in [0.25, 0.3) is 6.08 Å². The van der Waals surface area contributed by atoms with E-state index in [4.69, 9.17) is 4.74 Å². The van der Waals surface area contributed by atoms with Crippen LogP contribution in [0.1, 0.15) is 12.5 Å². The van der Waals surface area contributed by atoms with Crippen molar-refractivity contribution in [2.45, 2.75) is 17.9 Å². The maximum Gasteiger partial charge on any atom is 0.413 e. The topological polar surface area (TPSA) is 81.7 Å². The van der Waals surface area contributed by atoms with Crippen LogP contribution in [0.15, 0.2) is 35.2 Å². The normalized spacial score (nSPS) is 11.8. The molecule has 118 valence electrons. The van der Waals surface area contributed by atoms with Gasteiger partial charge < -0.3 is 9.47 Å². The monoisotopic (exact) mass is 323 g/mol. The zero-order valence-electron chi connectivity index (χ0n) is 12.5. The smallest absolute Gasteiger partial charge is 0.413 e. The van der Waals surface area contributed by atoms with E-state index in [1.807, 2.05) is 35.8 Å². The SMILES string of the molecule is COC(=O)NC(=O)[C@@H](C)OC(=O)/C=C/c1ccc(SC)cc1. The molecule has 0 aliphatic heterocycles. The highest BCUT2D eigenvalue weighted by molar-refractivity contribution is 7.98. The molecule has 0 aromatic heterocycles. The van der Waals surface area contributed by atoms with Crippen LogP contribution >= 0.6 is 11.8 Å². The van der Waals surface area contributed by atoms with Gasteiger partial charge in [0, 0.05) is 11.0 Å². The predicted octanol–water partition coefficient (Wildman–Crippen LogP) is 2.24. The number of esters is 1. The number of rotatable bonds is 5. The average molecular weight is 323 g/mol. The van der Waals surface area contributed by atoms with Gasteiger partial charge >= 0.3 is 12.1 Å². The van der Waals surface area contributed by atoms with Gasteiger partial charge in [0.15, 0.2) is 6.10 Å². The number of benzene rings is 1. The number of ether oxygens (including phenoxy) is 2. The fraction of sp³-hybridized carbons (Fsp3) is 0.267. The van der Waals surface area contributed by atoms with Crippen LogP contribution in [-0.4, -0.2) is 37.4 Å². The first kappa shape index (κ1) is 17.8. The van der Waals surface area contributed by atoms with E-state index >= 15 is 0 Å². The molecule has 0 radical (unpaired) electrons. The molecule has 1 aromatic rings. The third-order valence-electron chi connectivity index (χ3n) is 2.60. The summed E-state index contributed by atoms with van der Waals surface area (Å²) in [6.07, 6.45) is 2.77. The molecule has 1 rings (SSSR count). The molecule has 1 aromatic carbocycles. The molecule has 2 amide bonds. The number of alkyl carbamates (subject to hydrolysis) is 1. The Morgan fingerprint density at radius 3 is 2.41 bits per heavy atom. The predicted molar refractivity (Wildman–Crippen MR) is 83.4 cm³/mol. The van der Waals surface area contributed by atoms with Gasteiger partial charge in [0.05, 0.1) is 7.11 Å². The Bertz CT molecular complexity index is 568. The lowest BCUT2D eigenvalue weighted by Gasteiger charge is -2.10. The van der Waals surface area contributed by atoms with Gasteiger partial charge in [-0.15, -0.1) is 11.8 Å². The van der Waals surface area contributed by atoms with Crippen LogP contribution in [0.5, 0.6) is 0 Å². The number of imide groups is 1. The number of hydrogen-bond acceptors (Lipinski definition) is 6. The average Bonchev–Trinajstić information content (AvgIpc) is 2.53. The molecule has 0 saturated carbocycles. The van der Waals surface area contributed by atoms with Gasteiger partial charge in [0.25, 0.3) is 5.91 Å². The second-order valence-electron chi connectivity index (χ2n) is 4.17. The van der Waals surface area contributed by atoms with Crippen LogP contribution in [0, 0.1) is 0 Å². The number of methoxy groups -OCH3 is 1. The first-order valence-electron chi connectivity index (χ1n) is 6.38. The molecule has 0 aliphatic carbocycles. The molecule has 0 bridgehead atoms. The zero-order chi connectivity index (χ0) is 16.5. The second kappa shape index (κ2) is 8.89. The molecule has 1 N–H and O–H groups in total. The minimum Gasteiger partial charge on any atom is -0.453 e. The Labute approximate surface area is 132 Å². The summed E-state index contributed by atoms with van der Waals surface area (Å²) in [6, 6.07) is 7.59. The summed E-state index contributed by atoms with van der Waals surface area (Å²) in [5.74, 6) is -1.43. The molecule has 0 fully saturated rings.